The molecule has 0 spiro atoms. The Bertz CT molecular complexity index is 299. The summed E-state index contributed by atoms with van der Waals surface area (Å²) in [6, 6.07) is 4.06. The fraction of sp³-hybridized carbons (Fsp3) is 0.400. The van der Waals surface area contributed by atoms with Crippen LogP contribution in [0.2, 0.25) is 0 Å². The fourth-order valence-electron chi connectivity index (χ4n) is 1.45. The monoisotopic (exact) mass is 163 g/mol. The van der Waals surface area contributed by atoms with E-state index in [0.717, 1.165) is 31.0 Å². The minimum absolute atomic E-state index is 0.967. The Labute approximate surface area is 72.3 Å². The molecule has 2 heteroatoms. The molecule has 64 valence electrons. The van der Waals surface area contributed by atoms with E-state index in [-0.39, 0.29) is 0 Å². The normalized spacial score (nSPS) is 17.6. The summed E-state index contributed by atoms with van der Waals surface area (Å²) in [5.41, 5.74) is 1.34. The summed E-state index contributed by atoms with van der Waals surface area (Å²) in [4.78, 5) is 0. The van der Waals surface area contributed by atoms with Gasteiger partial charge in [-0.15, -0.1) is 0 Å². The van der Waals surface area contributed by atoms with Gasteiger partial charge in [-0.3, -0.25) is 0 Å². The Morgan fingerprint density at radius 1 is 1.42 bits per heavy atom. The molecule has 0 unspecified atom stereocenters. The van der Waals surface area contributed by atoms with Crippen LogP contribution in [0.4, 0.5) is 0 Å². The number of aryl methyl sites for hydroxylation is 1. The molecule has 0 amide bonds. The van der Waals surface area contributed by atoms with Crippen LogP contribution < -0.4 is 5.32 Å². The molecule has 0 fully saturated rings. The largest absolute Gasteiger partial charge is 0.462 e. The van der Waals surface area contributed by atoms with Crippen molar-refractivity contribution in [2.75, 3.05) is 13.1 Å². The molecule has 1 N–H and O–H groups in total. The molecule has 0 radical (unpaired) electrons. The molecule has 2 rings (SSSR count). The first-order valence-corrected chi connectivity index (χ1v) is 4.33. The molecule has 0 saturated heterocycles. The maximum Gasteiger partial charge on any atom is 0.129 e. The third kappa shape index (κ3) is 1.43. The van der Waals surface area contributed by atoms with Gasteiger partial charge in [0.15, 0.2) is 0 Å². The summed E-state index contributed by atoms with van der Waals surface area (Å²) in [5.74, 6) is 2.03. The Hall–Kier alpha value is -1.02. The molecule has 12 heavy (non-hydrogen) atoms. The minimum atomic E-state index is 0.967. The van der Waals surface area contributed by atoms with Gasteiger partial charge in [-0.2, -0.15) is 0 Å². The predicted octanol–water partition coefficient (Wildman–Crippen LogP) is 1.96. The van der Waals surface area contributed by atoms with Crippen molar-refractivity contribution in [3.63, 3.8) is 0 Å². The second-order valence-electron chi connectivity index (χ2n) is 3.09. The third-order valence-corrected chi connectivity index (χ3v) is 2.12. The molecule has 0 atom stereocenters. The van der Waals surface area contributed by atoms with E-state index in [0.29, 0.717) is 0 Å². The molecule has 1 aliphatic heterocycles. The van der Waals surface area contributed by atoms with Crippen molar-refractivity contribution < 1.29 is 4.42 Å². The second kappa shape index (κ2) is 3.15. The van der Waals surface area contributed by atoms with Gasteiger partial charge >= 0.3 is 0 Å². The smallest absolute Gasteiger partial charge is 0.129 e. The van der Waals surface area contributed by atoms with Crippen LogP contribution in [0, 0.1) is 6.92 Å². The lowest BCUT2D eigenvalue weighted by molar-refractivity contribution is 0.516. The van der Waals surface area contributed by atoms with Gasteiger partial charge in [-0.1, -0.05) is 6.08 Å². The zero-order valence-electron chi connectivity index (χ0n) is 7.26. The molecule has 1 aromatic rings. The molecule has 2 heterocycles. The van der Waals surface area contributed by atoms with Crippen molar-refractivity contribution >= 4 is 5.57 Å². The van der Waals surface area contributed by atoms with Crippen LogP contribution in [-0.4, -0.2) is 13.1 Å². The third-order valence-electron chi connectivity index (χ3n) is 2.12. The summed E-state index contributed by atoms with van der Waals surface area (Å²) < 4.78 is 5.53. The van der Waals surface area contributed by atoms with E-state index in [1.807, 2.05) is 19.1 Å². The zero-order chi connectivity index (χ0) is 8.39. The topological polar surface area (TPSA) is 25.2 Å². The van der Waals surface area contributed by atoms with Crippen molar-refractivity contribution in [3.8, 4) is 0 Å². The van der Waals surface area contributed by atoms with Crippen LogP contribution >= 0.6 is 0 Å². The standard InChI is InChI=1S/C10H13NO/c1-8-2-3-10(12-8)9-4-6-11-7-5-9/h2-4,11H,5-7H2,1H3. The highest BCUT2D eigenvalue weighted by atomic mass is 16.3. The number of hydrogen-bond donors (Lipinski definition) is 1. The number of rotatable bonds is 1. The molecular formula is C10H13NO. The SMILES string of the molecule is Cc1ccc(C2=CCNCC2)o1. The van der Waals surface area contributed by atoms with E-state index in [4.69, 9.17) is 4.42 Å². The van der Waals surface area contributed by atoms with E-state index in [1.54, 1.807) is 0 Å². The van der Waals surface area contributed by atoms with E-state index >= 15 is 0 Å². The Morgan fingerprint density at radius 2 is 2.33 bits per heavy atom. The van der Waals surface area contributed by atoms with Crippen LogP contribution in [-0.2, 0) is 0 Å². The molecule has 1 aliphatic rings. The first-order valence-electron chi connectivity index (χ1n) is 4.33. The van der Waals surface area contributed by atoms with Crippen molar-refractivity contribution in [1.29, 1.82) is 0 Å². The lowest BCUT2D eigenvalue weighted by atomic mass is 10.1. The first-order chi connectivity index (χ1) is 5.86. The van der Waals surface area contributed by atoms with Crippen molar-refractivity contribution in [1.82, 2.24) is 5.32 Å². The lowest BCUT2D eigenvalue weighted by Gasteiger charge is -2.11. The van der Waals surface area contributed by atoms with Crippen LogP contribution in [0.15, 0.2) is 22.6 Å². The van der Waals surface area contributed by atoms with Crippen LogP contribution in [0.1, 0.15) is 17.9 Å². The van der Waals surface area contributed by atoms with Crippen LogP contribution in [0.3, 0.4) is 0 Å². The quantitative estimate of drug-likeness (QED) is 0.684. The van der Waals surface area contributed by atoms with Gasteiger partial charge in [0, 0.05) is 6.54 Å². The molecule has 1 aromatic heterocycles. The van der Waals surface area contributed by atoms with Crippen LogP contribution in [0.5, 0.6) is 0 Å². The van der Waals surface area contributed by atoms with Gasteiger partial charge in [0.05, 0.1) is 0 Å². The minimum Gasteiger partial charge on any atom is -0.462 e. The van der Waals surface area contributed by atoms with Gasteiger partial charge in [-0.25, -0.2) is 0 Å². The average molecular weight is 163 g/mol. The Morgan fingerprint density at radius 3 is 2.92 bits per heavy atom. The van der Waals surface area contributed by atoms with Gasteiger partial charge in [0.1, 0.15) is 11.5 Å². The molecule has 0 saturated carbocycles. The maximum absolute atomic E-state index is 5.53. The number of furan rings is 1. The molecular weight excluding hydrogens is 150 g/mol. The highest BCUT2D eigenvalue weighted by Gasteiger charge is 2.08. The number of hydrogen-bond acceptors (Lipinski definition) is 2. The first kappa shape index (κ1) is 7.62. The maximum atomic E-state index is 5.53. The molecule has 0 aromatic carbocycles. The number of nitrogens with one attached hydrogen (secondary N) is 1. The lowest BCUT2D eigenvalue weighted by Crippen LogP contribution is -2.19. The zero-order valence-corrected chi connectivity index (χ0v) is 7.26. The van der Waals surface area contributed by atoms with Crippen molar-refractivity contribution in [2.24, 2.45) is 0 Å². The summed E-state index contributed by atoms with van der Waals surface area (Å²) in [7, 11) is 0. The highest BCUT2D eigenvalue weighted by Crippen LogP contribution is 2.21. The molecule has 2 nitrogen and oxygen atoms in total. The highest BCUT2D eigenvalue weighted by molar-refractivity contribution is 5.62. The Balaban J connectivity index is 2.23. The summed E-state index contributed by atoms with van der Waals surface area (Å²) >= 11 is 0. The molecule has 0 bridgehead atoms. The van der Waals surface area contributed by atoms with Gasteiger partial charge in [0.2, 0.25) is 0 Å². The van der Waals surface area contributed by atoms with E-state index in [1.165, 1.54) is 5.57 Å². The van der Waals surface area contributed by atoms with Crippen LogP contribution in [0.25, 0.3) is 5.57 Å². The van der Waals surface area contributed by atoms with E-state index in [2.05, 4.69) is 11.4 Å². The second-order valence-corrected chi connectivity index (χ2v) is 3.09. The molecule has 0 aliphatic carbocycles. The summed E-state index contributed by atoms with van der Waals surface area (Å²) in [5, 5.41) is 3.27. The van der Waals surface area contributed by atoms with Crippen molar-refractivity contribution in [3.05, 3.63) is 29.7 Å². The van der Waals surface area contributed by atoms with E-state index in [9.17, 15) is 0 Å². The van der Waals surface area contributed by atoms with Gasteiger partial charge < -0.3 is 9.73 Å². The van der Waals surface area contributed by atoms with Gasteiger partial charge in [-0.05, 0) is 37.6 Å². The summed E-state index contributed by atoms with van der Waals surface area (Å²) in [6.07, 6.45) is 3.27. The van der Waals surface area contributed by atoms with E-state index < -0.39 is 0 Å². The van der Waals surface area contributed by atoms with Gasteiger partial charge in [0.25, 0.3) is 0 Å². The summed E-state index contributed by atoms with van der Waals surface area (Å²) in [6.45, 7) is 4.01. The predicted molar refractivity (Wildman–Crippen MR) is 48.9 cm³/mol. The van der Waals surface area contributed by atoms with Crippen molar-refractivity contribution in [2.45, 2.75) is 13.3 Å². The Kier molecular flexibility index (Phi) is 2.00. The average Bonchev–Trinajstić information content (AvgIpc) is 2.54. The fourth-order valence-corrected chi connectivity index (χ4v) is 1.45.